The predicted molar refractivity (Wildman–Crippen MR) is 59.3 cm³/mol. The molecule has 0 bridgehead atoms. The van der Waals surface area contributed by atoms with E-state index < -0.39 is 0 Å². The molecule has 1 aromatic heterocycles. The fraction of sp³-hybridized carbons (Fsp3) is 0.538. The average molecular weight is 195 g/mol. The summed E-state index contributed by atoms with van der Waals surface area (Å²) in [6.45, 7) is 6.64. The van der Waals surface area contributed by atoms with Crippen LogP contribution in [0.4, 0.5) is 0 Å². The van der Waals surface area contributed by atoms with Crippen LogP contribution in [0.2, 0.25) is 0 Å². The zero-order chi connectivity index (χ0) is 10.2. The Bertz CT molecular complexity index is 339. The Hall–Kier alpha value is -0.383. The van der Waals surface area contributed by atoms with Crippen molar-refractivity contribution >= 4 is 0 Å². The summed E-state index contributed by atoms with van der Waals surface area (Å²) in [6, 6.07) is 4.43. The first-order valence-electron chi connectivity index (χ1n) is 5.41. The molecule has 0 aliphatic heterocycles. The van der Waals surface area contributed by atoms with E-state index in [-0.39, 0.29) is 24.3 Å². The maximum Gasteiger partial charge on any atom is 1.00 e. The molecule has 1 aromatic rings. The molecular weight excluding hydrogens is 177 g/mol. The van der Waals surface area contributed by atoms with Crippen molar-refractivity contribution in [2.45, 2.75) is 45.4 Å². The summed E-state index contributed by atoms with van der Waals surface area (Å²) >= 11 is 0. The molecule has 0 saturated heterocycles. The molecule has 2 heteroatoms. The standard InChI is InChI=1S/C13H18N.Li/c1-13(2,3)12-9-8-10-6-4-5-7-11(10)14-12;/h7-9H,4-6H2,1-3H3;/q-1;+1. The van der Waals surface area contributed by atoms with Crippen LogP contribution < -0.4 is 18.9 Å². The Labute approximate surface area is 105 Å². The molecule has 0 atom stereocenters. The normalized spacial score (nSPS) is 14.9. The SMILES string of the molecule is CC(C)(C)c1ccc2c(n1)[CH-]CCC2.[Li+]. The molecule has 76 valence electrons. The van der Waals surface area contributed by atoms with Crippen LogP contribution in [-0.2, 0) is 11.8 Å². The third-order valence-electron chi connectivity index (χ3n) is 2.77. The van der Waals surface area contributed by atoms with Gasteiger partial charge in [0.2, 0.25) is 0 Å². The molecule has 0 unspecified atom stereocenters. The van der Waals surface area contributed by atoms with Crippen LogP contribution >= 0.6 is 0 Å². The van der Waals surface area contributed by atoms with Crippen LogP contribution in [-0.4, -0.2) is 4.98 Å². The van der Waals surface area contributed by atoms with Crippen molar-refractivity contribution in [3.8, 4) is 0 Å². The molecule has 0 amide bonds. The van der Waals surface area contributed by atoms with Gasteiger partial charge in [-0.1, -0.05) is 45.4 Å². The molecule has 0 N–H and O–H groups in total. The summed E-state index contributed by atoms with van der Waals surface area (Å²) in [5.74, 6) is 0. The quantitative estimate of drug-likeness (QED) is 0.428. The summed E-state index contributed by atoms with van der Waals surface area (Å²) in [4.78, 5) is 4.73. The zero-order valence-electron chi connectivity index (χ0n) is 10.3. The summed E-state index contributed by atoms with van der Waals surface area (Å²) < 4.78 is 0. The average Bonchev–Trinajstić information content (AvgIpc) is 2.16. The van der Waals surface area contributed by atoms with Gasteiger partial charge in [-0.2, -0.15) is 5.56 Å². The number of aromatic nitrogens is 1. The van der Waals surface area contributed by atoms with E-state index in [9.17, 15) is 0 Å². The number of fused-ring (bicyclic) bond motifs is 1. The van der Waals surface area contributed by atoms with E-state index in [0.717, 1.165) is 0 Å². The number of pyridine rings is 1. The Balaban J connectivity index is 0.00000112. The van der Waals surface area contributed by atoms with Gasteiger partial charge in [-0.05, 0) is 0 Å². The number of rotatable bonds is 0. The van der Waals surface area contributed by atoms with Gasteiger partial charge in [0.15, 0.2) is 0 Å². The van der Waals surface area contributed by atoms with Gasteiger partial charge in [-0.25, -0.2) is 6.42 Å². The predicted octanol–water partition coefficient (Wildman–Crippen LogP) is 0.272. The monoisotopic (exact) mass is 195 g/mol. The minimum absolute atomic E-state index is 0. The van der Waals surface area contributed by atoms with E-state index in [4.69, 9.17) is 4.98 Å². The number of aryl methyl sites for hydroxylation is 1. The molecule has 1 heterocycles. The molecule has 0 aromatic carbocycles. The second kappa shape index (κ2) is 4.64. The summed E-state index contributed by atoms with van der Waals surface area (Å²) in [7, 11) is 0. The van der Waals surface area contributed by atoms with Crippen LogP contribution in [0.15, 0.2) is 12.1 Å². The first-order chi connectivity index (χ1) is 6.57. The second-order valence-electron chi connectivity index (χ2n) is 5.09. The van der Waals surface area contributed by atoms with E-state index in [0.29, 0.717) is 0 Å². The molecular formula is C13H18LiN. The van der Waals surface area contributed by atoms with Crippen LogP contribution in [0.5, 0.6) is 0 Å². The summed E-state index contributed by atoms with van der Waals surface area (Å²) in [5, 5.41) is 0. The molecule has 1 nitrogen and oxygen atoms in total. The molecule has 0 spiro atoms. The first kappa shape index (κ1) is 12.7. The Kier molecular flexibility index (Phi) is 3.92. The molecule has 0 saturated carbocycles. The van der Waals surface area contributed by atoms with Crippen LogP contribution in [0.25, 0.3) is 0 Å². The third kappa shape index (κ3) is 2.80. The summed E-state index contributed by atoms with van der Waals surface area (Å²) in [5.41, 5.74) is 4.02. The topological polar surface area (TPSA) is 12.9 Å². The van der Waals surface area contributed by atoms with Crippen LogP contribution in [0.1, 0.15) is 50.6 Å². The van der Waals surface area contributed by atoms with E-state index in [1.165, 1.54) is 36.2 Å². The van der Waals surface area contributed by atoms with E-state index in [2.05, 4.69) is 39.3 Å². The van der Waals surface area contributed by atoms with Gasteiger partial charge < -0.3 is 0 Å². The maximum absolute atomic E-state index is 4.73. The number of hydrogen-bond acceptors (Lipinski definition) is 1. The van der Waals surface area contributed by atoms with E-state index in [1.54, 1.807) is 0 Å². The van der Waals surface area contributed by atoms with Crippen LogP contribution in [0, 0.1) is 6.42 Å². The minimum atomic E-state index is 0. The van der Waals surface area contributed by atoms with Crippen molar-refractivity contribution in [2.24, 2.45) is 0 Å². The first-order valence-corrected chi connectivity index (χ1v) is 5.41. The van der Waals surface area contributed by atoms with E-state index in [1.807, 2.05) is 0 Å². The molecule has 2 rings (SSSR count). The van der Waals surface area contributed by atoms with Gasteiger partial charge in [0.05, 0.1) is 0 Å². The smallest absolute Gasteiger partial charge is 0.291 e. The largest absolute Gasteiger partial charge is 1.00 e. The van der Waals surface area contributed by atoms with E-state index >= 15 is 0 Å². The zero-order valence-corrected chi connectivity index (χ0v) is 10.3. The van der Waals surface area contributed by atoms with Gasteiger partial charge >= 0.3 is 18.9 Å². The van der Waals surface area contributed by atoms with Crippen molar-refractivity contribution < 1.29 is 18.9 Å². The van der Waals surface area contributed by atoms with Gasteiger partial charge in [0.25, 0.3) is 0 Å². The molecule has 15 heavy (non-hydrogen) atoms. The Morgan fingerprint density at radius 1 is 1.27 bits per heavy atom. The minimum Gasteiger partial charge on any atom is -0.291 e. The number of hydrogen-bond donors (Lipinski definition) is 0. The fourth-order valence-electron chi connectivity index (χ4n) is 1.84. The molecule has 1 aliphatic carbocycles. The third-order valence-corrected chi connectivity index (χ3v) is 2.77. The van der Waals surface area contributed by atoms with Gasteiger partial charge in [-0.3, -0.25) is 4.98 Å². The van der Waals surface area contributed by atoms with Crippen LogP contribution in [0.3, 0.4) is 0 Å². The molecule has 0 radical (unpaired) electrons. The fourth-order valence-corrected chi connectivity index (χ4v) is 1.84. The Morgan fingerprint density at radius 2 is 2.00 bits per heavy atom. The van der Waals surface area contributed by atoms with Gasteiger partial charge in [-0.15, -0.1) is 12.5 Å². The maximum atomic E-state index is 4.73. The van der Waals surface area contributed by atoms with Crippen molar-refractivity contribution in [1.82, 2.24) is 4.98 Å². The molecule has 1 aliphatic rings. The second-order valence-corrected chi connectivity index (χ2v) is 5.09. The van der Waals surface area contributed by atoms with Crippen molar-refractivity contribution in [3.63, 3.8) is 0 Å². The van der Waals surface area contributed by atoms with Gasteiger partial charge in [0, 0.05) is 11.1 Å². The molecule has 0 fully saturated rings. The van der Waals surface area contributed by atoms with Crippen molar-refractivity contribution in [2.75, 3.05) is 0 Å². The van der Waals surface area contributed by atoms with Crippen molar-refractivity contribution in [3.05, 3.63) is 35.5 Å². The van der Waals surface area contributed by atoms with Gasteiger partial charge in [0.1, 0.15) is 0 Å². The number of nitrogens with zero attached hydrogens (tertiary/aromatic N) is 1. The van der Waals surface area contributed by atoms with Crippen molar-refractivity contribution in [1.29, 1.82) is 0 Å². The Morgan fingerprint density at radius 3 is 2.67 bits per heavy atom. The summed E-state index contributed by atoms with van der Waals surface area (Å²) in [6.07, 6.45) is 5.94.